The van der Waals surface area contributed by atoms with E-state index in [1.807, 2.05) is 0 Å². The van der Waals surface area contributed by atoms with Gasteiger partial charge < -0.3 is 15.7 Å². The molecule has 26 heavy (non-hydrogen) atoms. The van der Waals surface area contributed by atoms with E-state index in [-0.39, 0.29) is 17.2 Å². The largest absolute Gasteiger partial charge is 0.507 e. The molecule has 2 heterocycles. The lowest BCUT2D eigenvalue weighted by Gasteiger charge is -2.30. The van der Waals surface area contributed by atoms with Crippen molar-refractivity contribution in [1.82, 2.24) is 15.5 Å². The lowest BCUT2D eigenvalue weighted by Crippen LogP contribution is -2.46. The van der Waals surface area contributed by atoms with Crippen molar-refractivity contribution < 1.29 is 18.3 Å². The molecule has 0 spiro atoms. The zero-order chi connectivity index (χ0) is 18.9. The summed E-state index contributed by atoms with van der Waals surface area (Å²) in [6, 6.07) is 5.63. The van der Waals surface area contributed by atoms with Crippen molar-refractivity contribution in [3.8, 4) is 17.0 Å². The predicted octanol–water partition coefficient (Wildman–Crippen LogP) is 3.73. The van der Waals surface area contributed by atoms with Crippen LogP contribution in [-0.4, -0.2) is 33.9 Å². The Hall–Kier alpha value is -2.35. The Morgan fingerprint density at radius 2 is 2.00 bits per heavy atom. The molecule has 5 nitrogen and oxygen atoms in total. The van der Waals surface area contributed by atoms with Crippen LogP contribution in [0.5, 0.6) is 5.75 Å². The van der Waals surface area contributed by atoms with E-state index in [0.717, 1.165) is 25.5 Å². The molecular formula is C18H21F3N4O. The number of phenols is 1. The number of anilines is 1. The monoisotopic (exact) mass is 366 g/mol. The first kappa shape index (κ1) is 18.4. The van der Waals surface area contributed by atoms with Crippen LogP contribution in [-0.2, 0) is 6.18 Å². The van der Waals surface area contributed by atoms with E-state index in [1.54, 1.807) is 12.1 Å². The second kappa shape index (κ2) is 7.11. The Morgan fingerprint density at radius 1 is 1.23 bits per heavy atom. The minimum absolute atomic E-state index is 0.241. The Balaban J connectivity index is 1.82. The molecular weight excluding hydrogens is 345 g/mol. The molecule has 2 aromatic rings. The summed E-state index contributed by atoms with van der Waals surface area (Å²) in [4.78, 5) is 0. The summed E-state index contributed by atoms with van der Waals surface area (Å²) in [6.07, 6.45) is -2.41. The number of aromatic hydroxyl groups is 1. The minimum Gasteiger partial charge on any atom is -0.507 e. The first-order chi connectivity index (χ1) is 12.3. The number of rotatable bonds is 3. The first-order valence-corrected chi connectivity index (χ1v) is 8.50. The van der Waals surface area contributed by atoms with Gasteiger partial charge in [-0.25, -0.2) is 0 Å². The Bertz CT molecular complexity index is 754. The van der Waals surface area contributed by atoms with Gasteiger partial charge in [-0.1, -0.05) is 0 Å². The highest BCUT2D eigenvalue weighted by molar-refractivity contribution is 5.71. The van der Waals surface area contributed by atoms with Gasteiger partial charge in [0.15, 0.2) is 0 Å². The predicted molar refractivity (Wildman–Crippen MR) is 93.0 cm³/mol. The summed E-state index contributed by atoms with van der Waals surface area (Å²) in [5.41, 5.74) is -0.0161. The van der Waals surface area contributed by atoms with Gasteiger partial charge in [-0.3, -0.25) is 0 Å². The normalized spacial score (nSPS) is 20.8. The highest BCUT2D eigenvalue weighted by Crippen LogP contribution is 2.38. The number of hydrogen-bond acceptors (Lipinski definition) is 5. The molecule has 1 aromatic carbocycles. The molecule has 0 unspecified atom stereocenters. The minimum atomic E-state index is -4.51. The number of alkyl halides is 3. The maximum Gasteiger partial charge on any atom is 0.416 e. The van der Waals surface area contributed by atoms with Crippen molar-refractivity contribution in [3.05, 3.63) is 35.4 Å². The zero-order valence-corrected chi connectivity index (χ0v) is 14.6. The van der Waals surface area contributed by atoms with Crippen LogP contribution in [0.25, 0.3) is 11.3 Å². The van der Waals surface area contributed by atoms with Crippen LogP contribution >= 0.6 is 0 Å². The highest BCUT2D eigenvalue weighted by Gasteiger charge is 2.32. The molecule has 1 fully saturated rings. The number of nitrogens with one attached hydrogen (secondary N) is 2. The number of piperidine rings is 1. The summed E-state index contributed by atoms with van der Waals surface area (Å²) in [7, 11) is 0. The van der Waals surface area contributed by atoms with E-state index in [1.165, 1.54) is 6.92 Å². The molecule has 0 saturated carbocycles. The number of phenolic OH excluding ortho intramolecular Hbond substituents is 1. The van der Waals surface area contributed by atoms with Crippen LogP contribution in [0.4, 0.5) is 19.0 Å². The second-order valence-corrected chi connectivity index (χ2v) is 6.62. The molecule has 1 aliphatic rings. The summed E-state index contributed by atoms with van der Waals surface area (Å²) in [5.74, 6) is 0.135. The zero-order valence-electron chi connectivity index (χ0n) is 14.6. The summed E-state index contributed by atoms with van der Waals surface area (Å²) < 4.78 is 38.5. The van der Waals surface area contributed by atoms with E-state index in [4.69, 9.17) is 0 Å². The molecule has 0 amide bonds. The van der Waals surface area contributed by atoms with E-state index in [0.29, 0.717) is 23.6 Å². The third-order valence-electron chi connectivity index (χ3n) is 4.66. The fraction of sp³-hybridized carbons (Fsp3) is 0.444. The fourth-order valence-electron chi connectivity index (χ4n) is 3.24. The van der Waals surface area contributed by atoms with Crippen LogP contribution in [0.1, 0.15) is 30.9 Å². The van der Waals surface area contributed by atoms with Crippen molar-refractivity contribution in [2.75, 3.05) is 11.9 Å². The van der Waals surface area contributed by atoms with Gasteiger partial charge in [0, 0.05) is 17.6 Å². The van der Waals surface area contributed by atoms with Gasteiger partial charge in [0.2, 0.25) is 0 Å². The Morgan fingerprint density at radius 3 is 2.58 bits per heavy atom. The molecule has 0 radical (unpaired) electrons. The van der Waals surface area contributed by atoms with Crippen LogP contribution in [0.3, 0.4) is 0 Å². The number of aromatic nitrogens is 2. The molecule has 0 bridgehead atoms. The van der Waals surface area contributed by atoms with Gasteiger partial charge in [0.1, 0.15) is 11.6 Å². The van der Waals surface area contributed by atoms with Crippen molar-refractivity contribution in [1.29, 1.82) is 0 Å². The Kier molecular flexibility index (Phi) is 5.04. The lowest BCUT2D eigenvalue weighted by molar-refractivity contribution is -0.137. The number of halogens is 3. The molecule has 1 saturated heterocycles. The number of hydrogen-bond donors (Lipinski definition) is 3. The number of benzene rings is 1. The van der Waals surface area contributed by atoms with Gasteiger partial charge in [-0.15, -0.1) is 10.2 Å². The molecule has 0 aliphatic carbocycles. The van der Waals surface area contributed by atoms with E-state index < -0.39 is 17.5 Å². The molecule has 1 aliphatic heterocycles. The van der Waals surface area contributed by atoms with Gasteiger partial charge in [0.05, 0.1) is 11.3 Å². The standard InChI is InChI=1S/C18H21F3N4O/c1-10-8-12(18(19,20)21)9-15(26)17(10)14-5-6-16(25-24-14)23-13-4-3-7-22-11(13)2/h5-6,8-9,11,13,22,26H,3-4,7H2,1-2H3,(H,23,25)/t11-,13-/m0/s1. The van der Waals surface area contributed by atoms with Crippen LogP contribution in [0, 0.1) is 6.92 Å². The van der Waals surface area contributed by atoms with Crippen molar-refractivity contribution in [2.24, 2.45) is 0 Å². The smallest absolute Gasteiger partial charge is 0.416 e. The maximum absolute atomic E-state index is 12.8. The number of nitrogens with zero attached hydrogens (tertiary/aromatic N) is 2. The van der Waals surface area contributed by atoms with E-state index in [2.05, 4.69) is 27.8 Å². The quantitative estimate of drug-likeness (QED) is 0.772. The van der Waals surface area contributed by atoms with Gasteiger partial charge >= 0.3 is 6.18 Å². The topological polar surface area (TPSA) is 70.1 Å². The van der Waals surface area contributed by atoms with Crippen molar-refractivity contribution >= 4 is 5.82 Å². The Labute approximate surface area is 149 Å². The third-order valence-corrected chi connectivity index (χ3v) is 4.66. The van der Waals surface area contributed by atoms with Gasteiger partial charge in [-0.05, 0) is 63.1 Å². The molecule has 3 rings (SSSR count). The third kappa shape index (κ3) is 3.90. The van der Waals surface area contributed by atoms with Gasteiger partial charge in [0.25, 0.3) is 0 Å². The van der Waals surface area contributed by atoms with Crippen LogP contribution in [0.15, 0.2) is 24.3 Å². The maximum atomic E-state index is 12.8. The number of aryl methyl sites for hydroxylation is 1. The molecule has 2 atom stereocenters. The molecule has 1 aromatic heterocycles. The fourth-order valence-corrected chi connectivity index (χ4v) is 3.24. The highest BCUT2D eigenvalue weighted by atomic mass is 19.4. The second-order valence-electron chi connectivity index (χ2n) is 6.62. The lowest BCUT2D eigenvalue weighted by atomic mass is 9.99. The van der Waals surface area contributed by atoms with E-state index >= 15 is 0 Å². The summed E-state index contributed by atoms with van der Waals surface area (Å²) in [6.45, 7) is 4.60. The van der Waals surface area contributed by atoms with Gasteiger partial charge in [-0.2, -0.15) is 13.2 Å². The summed E-state index contributed by atoms with van der Waals surface area (Å²) in [5, 5.41) is 25.0. The molecule has 140 valence electrons. The van der Waals surface area contributed by atoms with Crippen LogP contribution < -0.4 is 10.6 Å². The summed E-state index contributed by atoms with van der Waals surface area (Å²) >= 11 is 0. The molecule has 8 heteroatoms. The SMILES string of the molecule is Cc1cc(C(F)(F)F)cc(O)c1-c1ccc(N[C@H]2CCCN[C@H]2C)nn1. The first-order valence-electron chi connectivity index (χ1n) is 8.50. The average Bonchev–Trinajstić information content (AvgIpc) is 2.57. The van der Waals surface area contributed by atoms with Crippen molar-refractivity contribution in [2.45, 2.75) is 44.9 Å². The van der Waals surface area contributed by atoms with Crippen LogP contribution in [0.2, 0.25) is 0 Å². The molecule has 3 N–H and O–H groups in total. The van der Waals surface area contributed by atoms with E-state index in [9.17, 15) is 18.3 Å². The average molecular weight is 366 g/mol. The van der Waals surface area contributed by atoms with Crippen molar-refractivity contribution in [3.63, 3.8) is 0 Å².